The summed E-state index contributed by atoms with van der Waals surface area (Å²) < 4.78 is 1.18. The Morgan fingerprint density at radius 3 is 2.72 bits per heavy atom. The number of aromatic nitrogens is 3. The summed E-state index contributed by atoms with van der Waals surface area (Å²) in [4.78, 5) is 40.3. The number of aromatic carboxylic acids is 1. The number of hydrogen-bond acceptors (Lipinski definition) is 4. The molecule has 0 aliphatic heterocycles. The molecule has 2 heterocycles. The summed E-state index contributed by atoms with van der Waals surface area (Å²) in [6.45, 7) is 1.74. The standard InChI is InChI=1S/C11H11N3O4/c1-3-5-6(10(16)17)4-12-8-7(5)9(15)13-11(18)14(8)2/h4H,3H2,1-2H3,(H,16,17)(H,13,15,18). The summed E-state index contributed by atoms with van der Waals surface area (Å²) in [5.74, 6) is -1.14. The van der Waals surface area contributed by atoms with Crippen molar-refractivity contribution >= 4 is 17.0 Å². The van der Waals surface area contributed by atoms with Crippen LogP contribution in [0.15, 0.2) is 15.8 Å². The molecule has 0 saturated heterocycles. The van der Waals surface area contributed by atoms with Crippen molar-refractivity contribution in [1.82, 2.24) is 14.5 Å². The van der Waals surface area contributed by atoms with Gasteiger partial charge in [-0.05, 0) is 12.0 Å². The van der Waals surface area contributed by atoms with E-state index in [-0.39, 0.29) is 16.6 Å². The highest BCUT2D eigenvalue weighted by atomic mass is 16.4. The average Bonchev–Trinajstić information content (AvgIpc) is 2.34. The third-order valence-corrected chi connectivity index (χ3v) is 2.82. The van der Waals surface area contributed by atoms with Crippen LogP contribution in [0, 0.1) is 0 Å². The fourth-order valence-electron chi connectivity index (χ4n) is 1.92. The van der Waals surface area contributed by atoms with Gasteiger partial charge in [-0.1, -0.05) is 6.92 Å². The maximum atomic E-state index is 11.8. The maximum absolute atomic E-state index is 11.8. The molecule has 0 saturated carbocycles. The number of nitrogens with zero attached hydrogens (tertiary/aromatic N) is 2. The summed E-state index contributed by atoms with van der Waals surface area (Å²) >= 11 is 0. The number of hydrogen-bond donors (Lipinski definition) is 2. The van der Waals surface area contributed by atoms with E-state index >= 15 is 0 Å². The Balaban J connectivity index is 3.08. The molecule has 2 aromatic heterocycles. The number of H-pyrrole nitrogens is 1. The van der Waals surface area contributed by atoms with Gasteiger partial charge in [0.1, 0.15) is 5.65 Å². The van der Waals surface area contributed by atoms with Crippen molar-refractivity contribution in [2.24, 2.45) is 7.05 Å². The van der Waals surface area contributed by atoms with Crippen LogP contribution in [-0.2, 0) is 13.5 Å². The molecule has 94 valence electrons. The average molecular weight is 249 g/mol. The second-order valence-corrected chi connectivity index (χ2v) is 3.83. The number of carbonyl (C=O) groups is 1. The van der Waals surface area contributed by atoms with Crippen LogP contribution in [0.3, 0.4) is 0 Å². The Morgan fingerprint density at radius 2 is 2.17 bits per heavy atom. The van der Waals surface area contributed by atoms with Gasteiger partial charge in [0, 0.05) is 13.2 Å². The zero-order chi connectivity index (χ0) is 13.4. The number of pyridine rings is 1. The number of rotatable bonds is 2. The van der Waals surface area contributed by atoms with Crippen molar-refractivity contribution in [1.29, 1.82) is 0 Å². The minimum absolute atomic E-state index is 0.0193. The molecule has 0 amide bonds. The smallest absolute Gasteiger partial charge is 0.337 e. The first kappa shape index (κ1) is 12.0. The molecule has 0 aromatic carbocycles. The number of carboxylic acid groups (broad SMARTS) is 1. The number of nitrogens with one attached hydrogen (secondary N) is 1. The molecule has 0 unspecified atom stereocenters. The number of carboxylic acids is 1. The minimum atomic E-state index is -1.14. The lowest BCUT2D eigenvalue weighted by atomic mass is 10.0. The number of fused-ring (bicyclic) bond motifs is 1. The normalized spacial score (nSPS) is 10.8. The quantitative estimate of drug-likeness (QED) is 0.772. The van der Waals surface area contributed by atoms with Crippen LogP contribution in [0.5, 0.6) is 0 Å². The van der Waals surface area contributed by atoms with Gasteiger partial charge in [-0.2, -0.15) is 0 Å². The Hall–Kier alpha value is -2.44. The van der Waals surface area contributed by atoms with Crippen LogP contribution < -0.4 is 11.2 Å². The van der Waals surface area contributed by atoms with Gasteiger partial charge in [0.2, 0.25) is 0 Å². The molecule has 18 heavy (non-hydrogen) atoms. The van der Waals surface area contributed by atoms with Crippen molar-refractivity contribution in [3.05, 3.63) is 38.2 Å². The van der Waals surface area contributed by atoms with Crippen molar-refractivity contribution in [3.63, 3.8) is 0 Å². The molecule has 2 N–H and O–H groups in total. The van der Waals surface area contributed by atoms with Crippen LogP contribution >= 0.6 is 0 Å². The van der Waals surface area contributed by atoms with Crippen LogP contribution in [0.1, 0.15) is 22.8 Å². The van der Waals surface area contributed by atoms with E-state index in [0.29, 0.717) is 12.0 Å². The lowest BCUT2D eigenvalue weighted by molar-refractivity contribution is 0.0695. The molecule has 0 bridgehead atoms. The van der Waals surface area contributed by atoms with E-state index < -0.39 is 17.2 Å². The van der Waals surface area contributed by atoms with Crippen molar-refractivity contribution in [2.45, 2.75) is 13.3 Å². The molecule has 0 radical (unpaired) electrons. The van der Waals surface area contributed by atoms with Gasteiger partial charge < -0.3 is 5.11 Å². The third kappa shape index (κ3) is 1.60. The zero-order valence-corrected chi connectivity index (χ0v) is 9.85. The lowest BCUT2D eigenvalue weighted by Gasteiger charge is -2.08. The SMILES string of the molecule is CCc1c(C(=O)O)cnc2c1c(=O)[nH]c(=O)n2C. The van der Waals surface area contributed by atoms with Gasteiger partial charge in [0.05, 0.1) is 10.9 Å². The first-order valence-corrected chi connectivity index (χ1v) is 5.31. The molecule has 0 atom stereocenters. The molecule has 7 heteroatoms. The van der Waals surface area contributed by atoms with Gasteiger partial charge in [-0.3, -0.25) is 14.3 Å². The molecule has 7 nitrogen and oxygen atoms in total. The monoisotopic (exact) mass is 249 g/mol. The number of aryl methyl sites for hydroxylation is 2. The van der Waals surface area contributed by atoms with E-state index in [9.17, 15) is 14.4 Å². The van der Waals surface area contributed by atoms with Crippen molar-refractivity contribution in [3.8, 4) is 0 Å². The van der Waals surface area contributed by atoms with Gasteiger partial charge in [0.15, 0.2) is 0 Å². The third-order valence-electron chi connectivity index (χ3n) is 2.82. The molecular weight excluding hydrogens is 238 g/mol. The summed E-state index contributed by atoms with van der Waals surface area (Å²) in [5.41, 5.74) is -0.644. The Bertz CT molecular complexity index is 757. The molecule has 0 aliphatic rings. The molecular formula is C11H11N3O4. The highest BCUT2D eigenvalue weighted by Gasteiger charge is 2.17. The van der Waals surface area contributed by atoms with E-state index in [1.54, 1.807) is 6.92 Å². The first-order valence-electron chi connectivity index (χ1n) is 5.31. The Morgan fingerprint density at radius 1 is 1.50 bits per heavy atom. The predicted octanol–water partition coefficient (Wildman–Crippen LogP) is -0.118. The minimum Gasteiger partial charge on any atom is -0.478 e. The Labute approximate surface area is 101 Å². The van der Waals surface area contributed by atoms with Gasteiger partial charge in [-0.25, -0.2) is 14.6 Å². The van der Waals surface area contributed by atoms with Crippen molar-refractivity contribution in [2.75, 3.05) is 0 Å². The summed E-state index contributed by atoms with van der Waals surface area (Å²) in [7, 11) is 1.47. The molecule has 2 rings (SSSR count). The summed E-state index contributed by atoms with van der Waals surface area (Å²) in [6.07, 6.45) is 1.53. The van der Waals surface area contributed by atoms with Crippen LogP contribution in [0.25, 0.3) is 11.0 Å². The fourth-order valence-corrected chi connectivity index (χ4v) is 1.92. The predicted molar refractivity (Wildman–Crippen MR) is 63.9 cm³/mol. The van der Waals surface area contributed by atoms with E-state index in [2.05, 4.69) is 9.97 Å². The highest BCUT2D eigenvalue weighted by Crippen LogP contribution is 2.16. The molecule has 0 fully saturated rings. The topological polar surface area (TPSA) is 105 Å². The van der Waals surface area contributed by atoms with Crippen molar-refractivity contribution < 1.29 is 9.90 Å². The second-order valence-electron chi connectivity index (χ2n) is 3.83. The van der Waals surface area contributed by atoms with Crippen LogP contribution in [0.4, 0.5) is 0 Å². The van der Waals surface area contributed by atoms with E-state index in [1.165, 1.54) is 17.8 Å². The maximum Gasteiger partial charge on any atom is 0.337 e. The van der Waals surface area contributed by atoms with Crippen LogP contribution in [-0.4, -0.2) is 25.6 Å². The summed E-state index contributed by atoms with van der Waals surface area (Å²) in [6, 6.07) is 0. The second kappa shape index (κ2) is 4.10. The van der Waals surface area contributed by atoms with E-state index in [4.69, 9.17) is 5.11 Å². The number of aromatic amines is 1. The zero-order valence-electron chi connectivity index (χ0n) is 9.85. The summed E-state index contributed by atoms with van der Waals surface area (Å²) in [5, 5.41) is 9.20. The molecule has 0 aliphatic carbocycles. The van der Waals surface area contributed by atoms with Crippen LogP contribution in [0.2, 0.25) is 0 Å². The van der Waals surface area contributed by atoms with Gasteiger partial charge in [0.25, 0.3) is 5.56 Å². The molecule has 0 spiro atoms. The highest BCUT2D eigenvalue weighted by molar-refractivity contribution is 5.94. The Kier molecular flexibility index (Phi) is 2.74. The van der Waals surface area contributed by atoms with Gasteiger partial charge >= 0.3 is 11.7 Å². The fraction of sp³-hybridized carbons (Fsp3) is 0.273. The molecule has 2 aromatic rings. The van der Waals surface area contributed by atoms with E-state index in [1.807, 2.05) is 0 Å². The lowest BCUT2D eigenvalue weighted by Crippen LogP contribution is -2.30. The first-order chi connectivity index (χ1) is 8.47. The largest absolute Gasteiger partial charge is 0.478 e. The van der Waals surface area contributed by atoms with E-state index in [0.717, 1.165) is 0 Å². The van der Waals surface area contributed by atoms with Gasteiger partial charge in [-0.15, -0.1) is 0 Å².